The van der Waals surface area contributed by atoms with Crippen LogP contribution in [0.2, 0.25) is 39.3 Å². The summed E-state index contributed by atoms with van der Waals surface area (Å²) in [6.07, 6.45) is 7.77. The van der Waals surface area contributed by atoms with E-state index in [0.29, 0.717) is 0 Å². The van der Waals surface area contributed by atoms with Crippen molar-refractivity contribution in [2.45, 2.75) is 52.1 Å². The molecule has 0 aromatic carbocycles. The first-order chi connectivity index (χ1) is 9.51. The van der Waals surface area contributed by atoms with Gasteiger partial charge in [-0.3, -0.25) is 0 Å². The van der Waals surface area contributed by atoms with Crippen molar-refractivity contribution in [1.82, 2.24) is 4.90 Å². The fraction of sp³-hybridized carbons (Fsp3) is 0.778. The van der Waals surface area contributed by atoms with E-state index >= 15 is 0 Å². The SMILES string of the molecule is CN(C)C[C@H]1CC=C[C@H]2C[C@@H]1C([Si](C)(C)C)=C2[Si](C)(C)C. The Morgan fingerprint density at radius 3 is 2.05 bits per heavy atom. The smallest absolute Gasteiger partial charge is 0.0726 e. The van der Waals surface area contributed by atoms with Crippen LogP contribution in [0.5, 0.6) is 0 Å². The van der Waals surface area contributed by atoms with E-state index in [1.54, 1.807) is 0 Å². The zero-order valence-electron chi connectivity index (χ0n) is 15.5. The number of hydrogen-bond acceptors (Lipinski definition) is 1. The second kappa shape index (κ2) is 5.82. The molecule has 3 atom stereocenters. The van der Waals surface area contributed by atoms with Crippen molar-refractivity contribution < 1.29 is 0 Å². The molecule has 2 aliphatic rings. The lowest BCUT2D eigenvalue weighted by Crippen LogP contribution is -2.38. The Labute approximate surface area is 134 Å². The van der Waals surface area contributed by atoms with Crippen LogP contribution in [0.1, 0.15) is 12.8 Å². The second-order valence-electron chi connectivity index (χ2n) is 9.46. The molecule has 0 amide bonds. The summed E-state index contributed by atoms with van der Waals surface area (Å²) in [5.74, 6) is 2.47. The quantitative estimate of drug-likeness (QED) is 0.530. The first kappa shape index (κ1) is 17.2. The predicted molar refractivity (Wildman–Crippen MR) is 101 cm³/mol. The molecule has 0 aromatic heterocycles. The number of allylic oxidation sites excluding steroid dienone is 4. The van der Waals surface area contributed by atoms with Crippen LogP contribution >= 0.6 is 0 Å². The van der Waals surface area contributed by atoms with Crippen LogP contribution in [0, 0.1) is 17.8 Å². The summed E-state index contributed by atoms with van der Waals surface area (Å²) in [6, 6.07) is 0. The minimum Gasteiger partial charge on any atom is -0.309 e. The Balaban J connectivity index is 2.51. The van der Waals surface area contributed by atoms with Crippen LogP contribution in [0.3, 0.4) is 0 Å². The third-order valence-electron chi connectivity index (χ3n) is 5.13. The Morgan fingerprint density at radius 1 is 1.00 bits per heavy atom. The maximum atomic E-state index is 2.58. The van der Waals surface area contributed by atoms with E-state index in [0.717, 1.165) is 17.8 Å². The van der Waals surface area contributed by atoms with Gasteiger partial charge in [0, 0.05) is 6.54 Å². The molecule has 21 heavy (non-hydrogen) atoms. The maximum absolute atomic E-state index is 2.58. The van der Waals surface area contributed by atoms with Crippen LogP contribution in [-0.2, 0) is 0 Å². The van der Waals surface area contributed by atoms with Crippen molar-refractivity contribution in [3.63, 3.8) is 0 Å². The fourth-order valence-electron chi connectivity index (χ4n) is 4.68. The Kier molecular flexibility index (Phi) is 4.78. The largest absolute Gasteiger partial charge is 0.309 e. The Morgan fingerprint density at radius 2 is 1.57 bits per heavy atom. The molecule has 0 radical (unpaired) electrons. The molecule has 0 saturated carbocycles. The van der Waals surface area contributed by atoms with Crippen molar-refractivity contribution in [3.8, 4) is 0 Å². The van der Waals surface area contributed by atoms with Crippen molar-refractivity contribution in [1.29, 1.82) is 0 Å². The Bertz CT molecular complexity index is 449. The molecule has 1 nitrogen and oxygen atoms in total. The lowest BCUT2D eigenvalue weighted by atomic mass is 9.89. The highest BCUT2D eigenvalue weighted by Gasteiger charge is 2.46. The highest BCUT2D eigenvalue weighted by Crippen LogP contribution is 2.50. The molecule has 2 rings (SSSR count). The second-order valence-corrected chi connectivity index (χ2v) is 19.5. The number of fused-ring (bicyclic) bond motifs is 2. The first-order valence-electron chi connectivity index (χ1n) is 8.58. The highest BCUT2D eigenvalue weighted by molar-refractivity contribution is 6.89. The Hall–Kier alpha value is -0.126. The van der Waals surface area contributed by atoms with E-state index < -0.39 is 16.1 Å². The van der Waals surface area contributed by atoms with Gasteiger partial charge in [-0.1, -0.05) is 61.8 Å². The highest BCUT2D eigenvalue weighted by atomic mass is 28.3. The zero-order chi connectivity index (χ0) is 16.0. The standard InChI is InChI=1S/C18H35NSi2/c1-19(2)13-15-11-9-10-14-12-16(15)18(21(6,7)8)17(14)20(3,4)5/h9-10,14-16H,11-13H2,1-8H3/t14-,15+,16-/m0/s1. The summed E-state index contributed by atoms with van der Waals surface area (Å²) >= 11 is 0. The van der Waals surface area contributed by atoms with E-state index in [9.17, 15) is 0 Å². The molecule has 0 heterocycles. The number of nitrogens with zero attached hydrogens (tertiary/aromatic N) is 1. The van der Waals surface area contributed by atoms with Gasteiger partial charge in [-0.05, 0) is 44.7 Å². The van der Waals surface area contributed by atoms with Crippen LogP contribution in [0.15, 0.2) is 22.5 Å². The maximum Gasteiger partial charge on any atom is 0.0726 e. The van der Waals surface area contributed by atoms with E-state index in [4.69, 9.17) is 0 Å². The van der Waals surface area contributed by atoms with Crippen LogP contribution in [-0.4, -0.2) is 41.7 Å². The van der Waals surface area contributed by atoms with Gasteiger partial charge in [-0.2, -0.15) is 0 Å². The topological polar surface area (TPSA) is 3.24 Å². The van der Waals surface area contributed by atoms with Crippen molar-refractivity contribution in [2.24, 2.45) is 17.8 Å². The van der Waals surface area contributed by atoms with Gasteiger partial charge in [0.15, 0.2) is 0 Å². The first-order valence-corrected chi connectivity index (χ1v) is 15.6. The van der Waals surface area contributed by atoms with Crippen LogP contribution in [0.25, 0.3) is 0 Å². The van der Waals surface area contributed by atoms with E-state index in [1.807, 2.05) is 10.4 Å². The van der Waals surface area contributed by atoms with Crippen molar-refractivity contribution in [2.75, 3.05) is 20.6 Å². The summed E-state index contributed by atoms with van der Waals surface area (Å²) in [4.78, 5) is 2.40. The molecule has 0 unspecified atom stereocenters. The van der Waals surface area contributed by atoms with Gasteiger partial charge in [-0.25, -0.2) is 0 Å². The average Bonchev–Trinajstić information content (AvgIpc) is 2.54. The summed E-state index contributed by atoms with van der Waals surface area (Å²) < 4.78 is 0. The minimum atomic E-state index is -1.24. The fourth-order valence-corrected chi connectivity index (χ4v) is 11.7. The molecule has 0 N–H and O–H groups in total. The van der Waals surface area contributed by atoms with Gasteiger partial charge in [0.2, 0.25) is 0 Å². The molecule has 120 valence electrons. The van der Waals surface area contributed by atoms with E-state index in [1.165, 1.54) is 19.4 Å². The van der Waals surface area contributed by atoms with Gasteiger partial charge in [0.25, 0.3) is 0 Å². The monoisotopic (exact) mass is 321 g/mol. The molecule has 3 heteroatoms. The molecule has 0 saturated heterocycles. The third kappa shape index (κ3) is 3.62. The summed E-state index contributed by atoms with van der Waals surface area (Å²) in [5, 5.41) is 3.91. The molecular weight excluding hydrogens is 286 g/mol. The summed E-state index contributed by atoms with van der Waals surface area (Å²) in [5.41, 5.74) is 0. The molecule has 2 aliphatic carbocycles. The van der Waals surface area contributed by atoms with Gasteiger partial charge in [0.1, 0.15) is 0 Å². The molecule has 2 bridgehead atoms. The molecule has 0 aromatic rings. The van der Waals surface area contributed by atoms with Crippen LogP contribution in [0.4, 0.5) is 0 Å². The van der Waals surface area contributed by atoms with Gasteiger partial charge in [-0.15, -0.1) is 0 Å². The third-order valence-corrected chi connectivity index (χ3v) is 9.89. The van der Waals surface area contributed by atoms with Gasteiger partial charge >= 0.3 is 0 Å². The molecule has 0 aliphatic heterocycles. The van der Waals surface area contributed by atoms with Crippen molar-refractivity contribution >= 4 is 16.1 Å². The van der Waals surface area contributed by atoms with E-state index in [-0.39, 0.29) is 0 Å². The minimum absolute atomic E-state index is 0.774. The molecule has 0 fully saturated rings. The number of hydrogen-bond donors (Lipinski definition) is 0. The summed E-state index contributed by atoms with van der Waals surface area (Å²) in [7, 11) is 2.01. The number of rotatable bonds is 4. The lowest BCUT2D eigenvalue weighted by molar-refractivity contribution is 0.270. The van der Waals surface area contributed by atoms with Crippen LogP contribution < -0.4 is 0 Å². The van der Waals surface area contributed by atoms with E-state index in [2.05, 4.69) is 70.4 Å². The predicted octanol–water partition coefficient (Wildman–Crippen LogP) is 4.81. The van der Waals surface area contributed by atoms with Gasteiger partial charge < -0.3 is 4.90 Å². The van der Waals surface area contributed by atoms with Crippen molar-refractivity contribution in [3.05, 3.63) is 22.5 Å². The molecule has 0 spiro atoms. The zero-order valence-corrected chi connectivity index (χ0v) is 17.5. The van der Waals surface area contributed by atoms with Gasteiger partial charge in [0.05, 0.1) is 16.1 Å². The normalized spacial score (nSPS) is 30.2. The summed E-state index contributed by atoms with van der Waals surface area (Å²) in [6.45, 7) is 16.7. The lowest BCUT2D eigenvalue weighted by Gasteiger charge is -2.36. The molecular formula is C18H35NSi2. The average molecular weight is 322 g/mol.